The minimum atomic E-state index is -1.22. The number of carboxylic acid groups (broad SMARTS) is 1. The number of carbonyl (C=O) groups is 4. The quantitative estimate of drug-likeness (QED) is 0.165. The van der Waals surface area contributed by atoms with Crippen molar-refractivity contribution in [1.29, 1.82) is 0 Å². The van der Waals surface area contributed by atoms with E-state index in [-0.39, 0.29) is 18.9 Å². The zero-order chi connectivity index (χ0) is 23.4. The summed E-state index contributed by atoms with van der Waals surface area (Å²) in [4.78, 5) is 54.9. The topological polar surface area (TPSA) is 205 Å². The van der Waals surface area contributed by atoms with E-state index in [1.54, 1.807) is 13.8 Å². The zero-order valence-corrected chi connectivity index (χ0v) is 17.9. The SMILES string of the molecule is CC(C)C(NC(=O)CNC(=O)C(N)CCCCN)C(=O)NC(Cc1cnc[nH]1)C(=O)O. The van der Waals surface area contributed by atoms with Crippen LogP contribution in [0.15, 0.2) is 12.5 Å². The molecule has 1 aromatic heterocycles. The first-order valence-electron chi connectivity index (χ1n) is 10.2. The van der Waals surface area contributed by atoms with Gasteiger partial charge in [-0.15, -0.1) is 0 Å². The first-order chi connectivity index (χ1) is 14.6. The summed E-state index contributed by atoms with van der Waals surface area (Å²) < 4.78 is 0. The number of aliphatic carboxylic acids is 1. The third kappa shape index (κ3) is 9.57. The molecule has 3 unspecified atom stereocenters. The molecule has 0 bridgehead atoms. The lowest BCUT2D eigenvalue weighted by Gasteiger charge is -2.24. The predicted octanol–water partition coefficient (Wildman–Crippen LogP) is -1.77. The Hall–Kier alpha value is -2.99. The van der Waals surface area contributed by atoms with Crippen LogP contribution in [0.3, 0.4) is 0 Å². The minimum absolute atomic E-state index is 0.0118. The number of amides is 3. The minimum Gasteiger partial charge on any atom is -0.480 e. The molecular formula is C19H33N7O5. The maximum absolute atomic E-state index is 12.6. The summed E-state index contributed by atoms with van der Waals surface area (Å²) in [5.41, 5.74) is 11.7. The summed E-state index contributed by atoms with van der Waals surface area (Å²) in [6.07, 6.45) is 4.80. The first-order valence-corrected chi connectivity index (χ1v) is 10.2. The van der Waals surface area contributed by atoms with Crippen LogP contribution in [0.1, 0.15) is 38.8 Å². The van der Waals surface area contributed by atoms with E-state index < -0.39 is 41.8 Å². The van der Waals surface area contributed by atoms with E-state index in [1.165, 1.54) is 12.5 Å². The molecule has 1 heterocycles. The van der Waals surface area contributed by atoms with E-state index in [9.17, 15) is 24.3 Å². The van der Waals surface area contributed by atoms with Gasteiger partial charge in [0.25, 0.3) is 0 Å². The smallest absolute Gasteiger partial charge is 0.326 e. The van der Waals surface area contributed by atoms with Gasteiger partial charge in [-0.1, -0.05) is 20.3 Å². The average molecular weight is 440 g/mol. The highest BCUT2D eigenvalue weighted by Gasteiger charge is 2.29. The number of aromatic nitrogens is 2. The Morgan fingerprint density at radius 2 is 1.87 bits per heavy atom. The van der Waals surface area contributed by atoms with Crippen molar-refractivity contribution >= 4 is 23.7 Å². The highest BCUT2D eigenvalue weighted by Crippen LogP contribution is 2.05. The highest BCUT2D eigenvalue weighted by molar-refractivity contribution is 5.92. The Labute approximate surface area is 180 Å². The molecule has 9 N–H and O–H groups in total. The van der Waals surface area contributed by atoms with Crippen molar-refractivity contribution in [3.63, 3.8) is 0 Å². The standard InChI is InChI=1S/C19H33N7O5/c1-11(2)16(18(29)25-14(19(30)31)7-12-8-22-10-24-12)26-15(27)9-23-17(28)13(21)5-3-4-6-20/h8,10-11,13-14,16H,3-7,9,20-21H2,1-2H3,(H,22,24)(H,23,28)(H,25,29)(H,26,27)(H,30,31). The Morgan fingerprint density at radius 3 is 2.42 bits per heavy atom. The molecule has 174 valence electrons. The molecule has 12 nitrogen and oxygen atoms in total. The largest absolute Gasteiger partial charge is 0.480 e. The number of nitrogens with two attached hydrogens (primary N) is 2. The molecule has 0 aromatic carbocycles. The van der Waals surface area contributed by atoms with Gasteiger partial charge in [-0.2, -0.15) is 0 Å². The van der Waals surface area contributed by atoms with Crippen LogP contribution < -0.4 is 27.4 Å². The van der Waals surface area contributed by atoms with E-state index in [2.05, 4.69) is 25.9 Å². The van der Waals surface area contributed by atoms with Gasteiger partial charge < -0.3 is 37.5 Å². The van der Waals surface area contributed by atoms with Crippen molar-refractivity contribution in [2.75, 3.05) is 13.1 Å². The van der Waals surface area contributed by atoms with Gasteiger partial charge in [0.05, 0.1) is 18.9 Å². The van der Waals surface area contributed by atoms with Crippen LogP contribution in [0.2, 0.25) is 0 Å². The van der Waals surface area contributed by atoms with E-state index in [4.69, 9.17) is 11.5 Å². The monoisotopic (exact) mass is 439 g/mol. The first kappa shape index (κ1) is 26.0. The van der Waals surface area contributed by atoms with Crippen LogP contribution in [0.4, 0.5) is 0 Å². The van der Waals surface area contributed by atoms with Gasteiger partial charge >= 0.3 is 5.97 Å². The van der Waals surface area contributed by atoms with Crippen molar-refractivity contribution < 1.29 is 24.3 Å². The van der Waals surface area contributed by atoms with Crippen LogP contribution in [0.5, 0.6) is 0 Å². The van der Waals surface area contributed by atoms with E-state index in [1.807, 2.05) is 0 Å². The van der Waals surface area contributed by atoms with Crippen molar-refractivity contribution in [1.82, 2.24) is 25.9 Å². The van der Waals surface area contributed by atoms with Gasteiger partial charge in [0.1, 0.15) is 12.1 Å². The lowest BCUT2D eigenvalue weighted by molar-refractivity contribution is -0.142. The summed E-state index contributed by atoms with van der Waals surface area (Å²) in [6.45, 7) is 3.58. The number of carbonyl (C=O) groups excluding carboxylic acids is 3. The molecule has 0 saturated carbocycles. The molecule has 0 radical (unpaired) electrons. The molecule has 0 aliphatic rings. The number of hydrogen-bond acceptors (Lipinski definition) is 7. The number of imidazole rings is 1. The molecule has 12 heteroatoms. The number of nitrogens with zero attached hydrogens (tertiary/aromatic N) is 1. The fourth-order valence-electron chi connectivity index (χ4n) is 2.78. The maximum atomic E-state index is 12.6. The Kier molecular flexibility index (Phi) is 11.2. The third-order valence-corrected chi connectivity index (χ3v) is 4.59. The predicted molar refractivity (Wildman–Crippen MR) is 113 cm³/mol. The molecule has 0 saturated heterocycles. The lowest BCUT2D eigenvalue weighted by atomic mass is 10.0. The summed E-state index contributed by atoms with van der Waals surface area (Å²) in [5, 5.41) is 16.8. The van der Waals surface area contributed by atoms with Crippen LogP contribution in [-0.2, 0) is 25.6 Å². The van der Waals surface area contributed by atoms with Crippen molar-refractivity contribution in [3.05, 3.63) is 18.2 Å². The molecule has 1 aromatic rings. The molecule has 0 aliphatic heterocycles. The van der Waals surface area contributed by atoms with Crippen LogP contribution >= 0.6 is 0 Å². The van der Waals surface area contributed by atoms with Gasteiger partial charge in [0, 0.05) is 18.3 Å². The summed E-state index contributed by atoms with van der Waals surface area (Å²) >= 11 is 0. The number of carboxylic acids is 1. The highest BCUT2D eigenvalue weighted by atomic mass is 16.4. The maximum Gasteiger partial charge on any atom is 0.326 e. The van der Waals surface area contributed by atoms with E-state index in [0.717, 1.165) is 6.42 Å². The lowest BCUT2D eigenvalue weighted by Crippen LogP contribution is -2.55. The fourth-order valence-corrected chi connectivity index (χ4v) is 2.78. The van der Waals surface area contributed by atoms with Crippen LogP contribution in [-0.4, -0.2) is 70.0 Å². The summed E-state index contributed by atoms with van der Waals surface area (Å²) in [5.74, 6) is -3.23. The number of hydrogen-bond donors (Lipinski definition) is 7. The molecule has 3 amide bonds. The number of unbranched alkanes of at least 4 members (excludes halogenated alkanes) is 1. The molecule has 31 heavy (non-hydrogen) atoms. The Morgan fingerprint density at radius 1 is 1.16 bits per heavy atom. The number of nitrogens with one attached hydrogen (secondary N) is 4. The van der Waals surface area contributed by atoms with Gasteiger partial charge in [0.15, 0.2) is 0 Å². The van der Waals surface area contributed by atoms with Crippen molar-refractivity contribution in [2.24, 2.45) is 17.4 Å². The van der Waals surface area contributed by atoms with E-state index in [0.29, 0.717) is 25.1 Å². The third-order valence-electron chi connectivity index (χ3n) is 4.59. The second-order valence-electron chi connectivity index (χ2n) is 7.58. The number of rotatable bonds is 14. The normalized spacial score (nSPS) is 13.8. The molecule has 3 atom stereocenters. The molecule has 1 rings (SSSR count). The molecular weight excluding hydrogens is 406 g/mol. The van der Waals surface area contributed by atoms with Gasteiger partial charge in [-0.25, -0.2) is 9.78 Å². The van der Waals surface area contributed by atoms with Crippen LogP contribution in [0.25, 0.3) is 0 Å². The second-order valence-corrected chi connectivity index (χ2v) is 7.58. The summed E-state index contributed by atoms with van der Waals surface area (Å²) in [7, 11) is 0. The molecule has 0 fully saturated rings. The van der Waals surface area contributed by atoms with Gasteiger partial charge in [-0.3, -0.25) is 14.4 Å². The van der Waals surface area contributed by atoms with E-state index >= 15 is 0 Å². The van der Waals surface area contributed by atoms with Crippen molar-refractivity contribution in [3.8, 4) is 0 Å². The fraction of sp³-hybridized carbons (Fsp3) is 0.632. The van der Waals surface area contributed by atoms with Gasteiger partial charge in [-0.05, 0) is 25.3 Å². The molecule has 0 aliphatic carbocycles. The number of aromatic amines is 1. The van der Waals surface area contributed by atoms with Gasteiger partial charge in [0.2, 0.25) is 17.7 Å². The van der Waals surface area contributed by atoms with Crippen molar-refractivity contribution in [2.45, 2.75) is 57.7 Å². The zero-order valence-electron chi connectivity index (χ0n) is 17.9. The van der Waals surface area contributed by atoms with Crippen LogP contribution in [0, 0.1) is 5.92 Å². The Balaban J connectivity index is 2.59. The molecule has 0 spiro atoms. The number of H-pyrrole nitrogens is 1. The second kappa shape index (κ2) is 13.3. The summed E-state index contributed by atoms with van der Waals surface area (Å²) in [6, 6.07) is -2.93. The Bertz CT molecular complexity index is 723. The average Bonchev–Trinajstić information content (AvgIpc) is 3.22.